The predicted octanol–water partition coefficient (Wildman–Crippen LogP) is 1.35. The van der Waals surface area contributed by atoms with Crippen molar-refractivity contribution < 1.29 is 14.4 Å². The SMILES string of the molecule is CC(C)(C)CC(=O)NCC(=O)NC1CCN(C(=O)c2ccncc2)CC1. The number of nitrogens with zero attached hydrogens (tertiary/aromatic N) is 2. The highest BCUT2D eigenvalue weighted by atomic mass is 16.2. The van der Waals surface area contributed by atoms with Crippen LogP contribution in [0.2, 0.25) is 0 Å². The van der Waals surface area contributed by atoms with Crippen LogP contribution in [0.25, 0.3) is 0 Å². The van der Waals surface area contributed by atoms with Crippen LogP contribution in [0.4, 0.5) is 0 Å². The van der Waals surface area contributed by atoms with Crippen molar-refractivity contribution in [2.75, 3.05) is 19.6 Å². The Labute approximate surface area is 154 Å². The monoisotopic (exact) mass is 360 g/mol. The van der Waals surface area contributed by atoms with Crippen molar-refractivity contribution in [3.8, 4) is 0 Å². The van der Waals surface area contributed by atoms with E-state index in [1.54, 1.807) is 29.4 Å². The van der Waals surface area contributed by atoms with E-state index in [1.165, 1.54) is 0 Å². The van der Waals surface area contributed by atoms with Gasteiger partial charge in [-0.05, 0) is 30.4 Å². The zero-order chi connectivity index (χ0) is 19.2. The van der Waals surface area contributed by atoms with Gasteiger partial charge in [-0.3, -0.25) is 19.4 Å². The van der Waals surface area contributed by atoms with Gasteiger partial charge >= 0.3 is 0 Å². The summed E-state index contributed by atoms with van der Waals surface area (Å²) < 4.78 is 0. The molecule has 0 atom stereocenters. The van der Waals surface area contributed by atoms with E-state index in [9.17, 15) is 14.4 Å². The Balaban J connectivity index is 1.70. The molecule has 0 aliphatic carbocycles. The van der Waals surface area contributed by atoms with Gasteiger partial charge in [0.05, 0.1) is 6.54 Å². The first-order chi connectivity index (χ1) is 12.2. The lowest BCUT2D eigenvalue weighted by Gasteiger charge is -2.32. The molecular formula is C19H28N4O3. The number of hydrogen-bond donors (Lipinski definition) is 2. The van der Waals surface area contributed by atoms with Crippen LogP contribution in [0.5, 0.6) is 0 Å². The van der Waals surface area contributed by atoms with Crippen LogP contribution in [-0.2, 0) is 9.59 Å². The standard InChI is InChI=1S/C19H28N4O3/c1-19(2,3)12-16(24)21-13-17(25)22-15-6-10-23(11-7-15)18(26)14-4-8-20-9-5-14/h4-5,8-9,15H,6-7,10-13H2,1-3H3,(H,21,24)(H,22,25). The maximum absolute atomic E-state index is 12.4. The smallest absolute Gasteiger partial charge is 0.253 e. The van der Waals surface area contributed by atoms with Crippen molar-refractivity contribution in [1.29, 1.82) is 0 Å². The highest BCUT2D eigenvalue weighted by Gasteiger charge is 2.24. The van der Waals surface area contributed by atoms with E-state index in [0.29, 0.717) is 37.9 Å². The Kier molecular flexibility index (Phi) is 6.71. The van der Waals surface area contributed by atoms with Gasteiger partial charge < -0.3 is 15.5 Å². The van der Waals surface area contributed by atoms with Gasteiger partial charge in [-0.25, -0.2) is 0 Å². The van der Waals surface area contributed by atoms with Crippen LogP contribution in [0.3, 0.4) is 0 Å². The number of amides is 3. The summed E-state index contributed by atoms with van der Waals surface area (Å²) in [6.07, 6.45) is 5.01. The summed E-state index contributed by atoms with van der Waals surface area (Å²) in [6, 6.07) is 3.44. The first-order valence-corrected chi connectivity index (χ1v) is 9.00. The maximum Gasteiger partial charge on any atom is 0.253 e. The maximum atomic E-state index is 12.4. The summed E-state index contributed by atoms with van der Waals surface area (Å²) in [5, 5.41) is 5.59. The first-order valence-electron chi connectivity index (χ1n) is 9.00. The summed E-state index contributed by atoms with van der Waals surface area (Å²) in [6.45, 7) is 7.13. The van der Waals surface area contributed by atoms with Crippen molar-refractivity contribution in [3.63, 3.8) is 0 Å². The largest absolute Gasteiger partial charge is 0.352 e. The molecule has 142 valence electrons. The molecule has 2 N–H and O–H groups in total. The molecule has 0 saturated carbocycles. The van der Waals surface area contributed by atoms with Gasteiger partial charge in [0, 0.05) is 43.5 Å². The van der Waals surface area contributed by atoms with Crippen molar-refractivity contribution in [1.82, 2.24) is 20.5 Å². The number of hydrogen-bond acceptors (Lipinski definition) is 4. The van der Waals surface area contributed by atoms with Crippen molar-refractivity contribution in [3.05, 3.63) is 30.1 Å². The van der Waals surface area contributed by atoms with Crippen molar-refractivity contribution >= 4 is 17.7 Å². The zero-order valence-corrected chi connectivity index (χ0v) is 15.7. The first kappa shape index (κ1) is 19.9. The van der Waals surface area contributed by atoms with E-state index in [1.807, 2.05) is 20.8 Å². The number of carbonyl (C=O) groups excluding carboxylic acids is 3. The summed E-state index contributed by atoms with van der Waals surface area (Å²) in [4.78, 5) is 41.9. The third kappa shape index (κ3) is 6.46. The number of rotatable bonds is 5. The second kappa shape index (κ2) is 8.78. The predicted molar refractivity (Wildman–Crippen MR) is 98.4 cm³/mol. The summed E-state index contributed by atoms with van der Waals surface area (Å²) in [5.41, 5.74) is 0.526. The van der Waals surface area contributed by atoms with Crippen LogP contribution in [0.15, 0.2) is 24.5 Å². The molecule has 0 radical (unpaired) electrons. The Bertz CT molecular complexity index is 632. The molecule has 1 saturated heterocycles. The summed E-state index contributed by atoms with van der Waals surface area (Å²) in [5.74, 6) is -0.316. The summed E-state index contributed by atoms with van der Waals surface area (Å²) in [7, 11) is 0. The minimum absolute atomic E-state index is 0.00776. The Hall–Kier alpha value is -2.44. The Morgan fingerprint density at radius 2 is 1.73 bits per heavy atom. The molecule has 1 aliphatic rings. The molecule has 3 amide bonds. The third-order valence-electron chi connectivity index (χ3n) is 4.21. The highest BCUT2D eigenvalue weighted by Crippen LogP contribution is 2.17. The number of piperidine rings is 1. The molecule has 7 nitrogen and oxygen atoms in total. The molecular weight excluding hydrogens is 332 g/mol. The van der Waals surface area contributed by atoms with Gasteiger partial charge in [-0.2, -0.15) is 0 Å². The van der Waals surface area contributed by atoms with E-state index in [4.69, 9.17) is 0 Å². The molecule has 2 rings (SSSR count). The van der Waals surface area contributed by atoms with E-state index < -0.39 is 0 Å². The quantitative estimate of drug-likeness (QED) is 0.829. The molecule has 0 spiro atoms. The topological polar surface area (TPSA) is 91.4 Å². The normalized spacial score (nSPS) is 15.4. The number of pyridine rings is 1. The number of nitrogens with one attached hydrogen (secondary N) is 2. The molecule has 0 aromatic carbocycles. The third-order valence-corrected chi connectivity index (χ3v) is 4.21. The molecule has 1 fully saturated rings. The lowest BCUT2D eigenvalue weighted by molar-refractivity contribution is -0.127. The second-order valence-corrected chi connectivity index (χ2v) is 7.88. The zero-order valence-electron chi connectivity index (χ0n) is 15.7. The van der Waals surface area contributed by atoms with E-state index in [0.717, 1.165) is 0 Å². The van der Waals surface area contributed by atoms with Crippen LogP contribution in [-0.4, -0.2) is 53.3 Å². The van der Waals surface area contributed by atoms with Gasteiger partial charge in [-0.15, -0.1) is 0 Å². The van der Waals surface area contributed by atoms with Crippen LogP contribution in [0, 0.1) is 5.41 Å². The van der Waals surface area contributed by atoms with Crippen LogP contribution in [0.1, 0.15) is 50.4 Å². The molecule has 1 aromatic heterocycles. The average molecular weight is 360 g/mol. The van der Waals surface area contributed by atoms with Gasteiger partial charge in [0.15, 0.2) is 0 Å². The average Bonchev–Trinajstić information content (AvgIpc) is 2.59. The van der Waals surface area contributed by atoms with Crippen molar-refractivity contribution in [2.45, 2.75) is 46.1 Å². The van der Waals surface area contributed by atoms with E-state index in [-0.39, 0.29) is 35.7 Å². The van der Waals surface area contributed by atoms with Gasteiger partial charge in [0.25, 0.3) is 5.91 Å². The lowest BCUT2D eigenvalue weighted by Crippen LogP contribution is -2.48. The van der Waals surface area contributed by atoms with Gasteiger partial charge in [-0.1, -0.05) is 20.8 Å². The van der Waals surface area contributed by atoms with Crippen molar-refractivity contribution in [2.24, 2.45) is 5.41 Å². The van der Waals surface area contributed by atoms with E-state index >= 15 is 0 Å². The minimum Gasteiger partial charge on any atom is -0.352 e. The molecule has 0 bridgehead atoms. The number of carbonyl (C=O) groups is 3. The Morgan fingerprint density at radius 1 is 1.12 bits per heavy atom. The number of aromatic nitrogens is 1. The van der Waals surface area contributed by atoms with Crippen LogP contribution >= 0.6 is 0 Å². The summed E-state index contributed by atoms with van der Waals surface area (Å²) >= 11 is 0. The van der Waals surface area contributed by atoms with Gasteiger partial charge in [0.1, 0.15) is 0 Å². The highest BCUT2D eigenvalue weighted by molar-refractivity contribution is 5.94. The Morgan fingerprint density at radius 3 is 2.31 bits per heavy atom. The molecule has 26 heavy (non-hydrogen) atoms. The minimum atomic E-state index is -0.189. The fourth-order valence-corrected chi connectivity index (χ4v) is 2.91. The second-order valence-electron chi connectivity index (χ2n) is 7.88. The number of likely N-dealkylation sites (tertiary alicyclic amines) is 1. The molecule has 0 unspecified atom stereocenters. The van der Waals surface area contributed by atoms with E-state index in [2.05, 4.69) is 15.6 Å². The molecule has 1 aromatic rings. The van der Waals surface area contributed by atoms with Gasteiger partial charge in [0.2, 0.25) is 11.8 Å². The van der Waals surface area contributed by atoms with Crippen LogP contribution < -0.4 is 10.6 Å². The fraction of sp³-hybridized carbons (Fsp3) is 0.579. The molecule has 2 heterocycles. The molecule has 7 heteroatoms. The lowest BCUT2D eigenvalue weighted by atomic mass is 9.92. The fourth-order valence-electron chi connectivity index (χ4n) is 2.91. The molecule has 1 aliphatic heterocycles.